The summed E-state index contributed by atoms with van der Waals surface area (Å²) in [5.41, 5.74) is 3.53. The number of phenols is 1. The SMILES string of the molecule is CC(C)(C)c1cc(CCC(=O)OCCSc2nc3ccccc3s2)cc(C(C)(C)C)c1O. The smallest absolute Gasteiger partial charge is 0.306 e. The Morgan fingerprint density at radius 1 is 1.06 bits per heavy atom. The minimum absolute atomic E-state index is 0.182. The number of aromatic hydroxyl groups is 1. The molecule has 0 amide bonds. The molecule has 6 heteroatoms. The van der Waals surface area contributed by atoms with E-state index >= 15 is 0 Å². The fraction of sp³-hybridized carbons (Fsp3) is 0.462. The van der Waals surface area contributed by atoms with Crippen LogP contribution >= 0.6 is 23.1 Å². The molecule has 0 atom stereocenters. The molecule has 0 aliphatic heterocycles. The van der Waals surface area contributed by atoms with Crippen molar-refractivity contribution in [2.45, 2.75) is 69.6 Å². The van der Waals surface area contributed by atoms with E-state index in [0.29, 0.717) is 31.0 Å². The van der Waals surface area contributed by atoms with Gasteiger partial charge in [0.25, 0.3) is 0 Å². The summed E-state index contributed by atoms with van der Waals surface area (Å²) in [7, 11) is 0. The third-order valence-corrected chi connectivity index (χ3v) is 7.39. The van der Waals surface area contributed by atoms with Crippen LogP contribution in [0.1, 0.15) is 64.7 Å². The number of benzene rings is 2. The number of para-hydroxylation sites is 1. The molecule has 0 aliphatic carbocycles. The van der Waals surface area contributed by atoms with Crippen LogP contribution in [0.5, 0.6) is 5.75 Å². The summed E-state index contributed by atoms with van der Waals surface area (Å²) >= 11 is 3.28. The summed E-state index contributed by atoms with van der Waals surface area (Å²) in [6, 6.07) is 12.1. The Morgan fingerprint density at radius 2 is 1.69 bits per heavy atom. The van der Waals surface area contributed by atoms with Gasteiger partial charge in [-0.2, -0.15) is 0 Å². The predicted octanol–water partition coefficient (Wildman–Crippen LogP) is 6.87. The Balaban J connectivity index is 1.54. The fourth-order valence-corrected chi connectivity index (χ4v) is 5.45. The minimum atomic E-state index is -0.197. The van der Waals surface area contributed by atoms with E-state index in [1.165, 1.54) is 4.70 Å². The Bertz CT molecular complexity index is 1020. The quantitative estimate of drug-likeness (QED) is 0.232. The molecule has 32 heavy (non-hydrogen) atoms. The second-order valence-corrected chi connectivity index (χ2v) is 12.4. The lowest BCUT2D eigenvalue weighted by molar-refractivity contribution is -0.142. The van der Waals surface area contributed by atoms with Crippen LogP contribution in [0, 0.1) is 0 Å². The van der Waals surface area contributed by atoms with Gasteiger partial charge in [0.05, 0.1) is 10.2 Å². The summed E-state index contributed by atoms with van der Waals surface area (Å²) in [6.45, 7) is 12.9. The Kier molecular flexibility index (Phi) is 7.56. The Labute approximate surface area is 199 Å². The standard InChI is InChI=1S/C26H33NO3S2/c1-25(2,3)18-15-17(16-19(23(18)29)26(4,5)6)11-12-22(28)30-13-14-31-24-27-20-9-7-8-10-21(20)32-24/h7-10,15-16,29H,11-14H2,1-6H3. The van der Waals surface area contributed by atoms with Crippen LogP contribution in [0.3, 0.4) is 0 Å². The third-order valence-electron chi connectivity index (χ3n) is 5.25. The van der Waals surface area contributed by atoms with E-state index < -0.39 is 0 Å². The second kappa shape index (κ2) is 9.84. The second-order valence-electron chi connectivity index (χ2n) is 10.1. The van der Waals surface area contributed by atoms with Gasteiger partial charge in [-0.05, 0) is 46.1 Å². The molecule has 0 fully saturated rings. The summed E-state index contributed by atoms with van der Waals surface area (Å²) in [5, 5.41) is 10.8. The number of fused-ring (bicyclic) bond motifs is 1. The molecule has 2 aromatic carbocycles. The highest BCUT2D eigenvalue weighted by Crippen LogP contribution is 2.40. The van der Waals surface area contributed by atoms with Gasteiger partial charge in [0.1, 0.15) is 12.4 Å². The molecule has 4 nitrogen and oxygen atoms in total. The van der Waals surface area contributed by atoms with Crippen molar-refractivity contribution in [2.75, 3.05) is 12.4 Å². The lowest BCUT2D eigenvalue weighted by Crippen LogP contribution is -2.18. The lowest BCUT2D eigenvalue weighted by Gasteiger charge is -2.28. The van der Waals surface area contributed by atoms with Gasteiger partial charge in [-0.25, -0.2) is 4.98 Å². The van der Waals surface area contributed by atoms with E-state index in [1.807, 2.05) is 30.3 Å². The van der Waals surface area contributed by atoms with Crippen LogP contribution in [0.2, 0.25) is 0 Å². The lowest BCUT2D eigenvalue weighted by atomic mass is 9.78. The first-order valence-electron chi connectivity index (χ1n) is 11.0. The van der Waals surface area contributed by atoms with Gasteiger partial charge in [-0.1, -0.05) is 77.6 Å². The van der Waals surface area contributed by atoms with Gasteiger partial charge < -0.3 is 9.84 Å². The number of thiazole rings is 1. The molecule has 1 aromatic heterocycles. The Morgan fingerprint density at radius 3 is 2.28 bits per heavy atom. The summed E-state index contributed by atoms with van der Waals surface area (Å²) in [4.78, 5) is 16.9. The zero-order chi connectivity index (χ0) is 23.5. The minimum Gasteiger partial charge on any atom is -0.507 e. The number of hydrogen-bond donors (Lipinski definition) is 1. The van der Waals surface area contributed by atoms with Gasteiger partial charge in [0.15, 0.2) is 4.34 Å². The van der Waals surface area contributed by atoms with Crippen LogP contribution in [0.15, 0.2) is 40.7 Å². The van der Waals surface area contributed by atoms with Crippen LogP contribution in [-0.4, -0.2) is 28.4 Å². The van der Waals surface area contributed by atoms with E-state index in [-0.39, 0.29) is 16.8 Å². The van der Waals surface area contributed by atoms with Crippen molar-refractivity contribution in [1.29, 1.82) is 0 Å². The number of thioether (sulfide) groups is 1. The maximum absolute atomic E-state index is 12.3. The van der Waals surface area contributed by atoms with Crippen molar-refractivity contribution < 1.29 is 14.6 Å². The van der Waals surface area contributed by atoms with Crippen molar-refractivity contribution in [2.24, 2.45) is 0 Å². The maximum atomic E-state index is 12.3. The van der Waals surface area contributed by atoms with Crippen molar-refractivity contribution >= 4 is 39.3 Å². The van der Waals surface area contributed by atoms with Gasteiger partial charge in [-0.15, -0.1) is 11.3 Å². The molecule has 0 bridgehead atoms. The molecule has 3 rings (SSSR count). The number of aryl methyl sites for hydroxylation is 1. The van der Waals surface area contributed by atoms with Crippen molar-refractivity contribution in [1.82, 2.24) is 4.98 Å². The molecule has 3 aromatic rings. The number of esters is 1. The number of nitrogens with zero attached hydrogens (tertiary/aromatic N) is 1. The van der Waals surface area contributed by atoms with Crippen LogP contribution in [-0.2, 0) is 26.8 Å². The predicted molar refractivity (Wildman–Crippen MR) is 135 cm³/mol. The highest BCUT2D eigenvalue weighted by atomic mass is 32.2. The van der Waals surface area contributed by atoms with Crippen molar-refractivity contribution in [3.05, 3.63) is 53.1 Å². The monoisotopic (exact) mass is 471 g/mol. The summed E-state index contributed by atoms with van der Waals surface area (Å²) in [5.74, 6) is 0.855. The number of carbonyl (C=O) groups excluding carboxylic acids is 1. The molecule has 0 radical (unpaired) electrons. The molecule has 0 saturated heterocycles. The van der Waals surface area contributed by atoms with E-state index in [0.717, 1.165) is 26.5 Å². The average Bonchev–Trinajstić information content (AvgIpc) is 3.11. The molecule has 1 heterocycles. The first-order chi connectivity index (χ1) is 14.9. The molecular formula is C26H33NO3S2. The van der Waals surface area contributed by atoms with E-state index in [4.69, 9.17) is 4.74 Å². The van der Waals surface area contributed by atoms with Crippen LogP contribution in [0.25, 0.3) is 10.2 Å². The van der Waals surface area contributed by atoms with Crippen molar-refractivity contribution in [3.8, 4) is 5.75 Å². The van der Waals surface area contributed by atoms with Gasteiger partial charge in [0, 0.05) is 12.2 Å². The molecular weight excluding hydrogens is 438 g/mol. The zero-order valence-electron chi connectivity index (χ0n) is 19.8. The number of rotatable bonds is 7. The molecule has 0 spiro atoms. The molecule has 1 N–H and O–H groups in total. The summed E-state index contributed by atoms with van der Waals surface area (Å²) in [6.07, 6.45) is 0.917. The molecule has 172 valence electrons. The molecule has 0 aliphatic rings. The number of ether oxygens (including phenoxy) is 1. The van der Waals surface area contributed by atoms with Gasteiger partial charge >= 0.3 is 5.97 Å². The first kappa shape index (κ1) is 24.6. The van der Waals surface area contributed by atoms with E-state index in [1.54, 1.807) is 23.1 Å². The van der Waals surface area contributed by atoms with E-state index in [2.05, 4.69) is 52.6 Å². The molecule has 0 saturated carbocycles. The van der Waals surface area contributed by atoms with Crippen molar-refractivity contribution in [3.63, 3.8) is 0 Å². The topological polar surface area (TPSA) is 59.4 Å². The first-order valence-corrected chi connectivity index (χ1v) is 12.8. The van der Waals surface area contributed by atoms with E-state index in [9.17, 15) is 9.90 Å². The highest BCUT2D eigenvalue weighted by molar-refractivity contribution is 8.01. The van der Waals surface area contributed by atoms with Crippen LogP contribution in [0.4, 0.5) is 0 Å². The highest BCUT2D eigenvalue weighted by Gasteiger charge is 2.26. The number of phenolic OH excluding ortho intramolecular Hbond substituents is 1. The number of hydrogen-bond acceptors (Lipinski definition) is 6. The molecule has 0 unspecified atom stereocenters. The van der Waals surface area contributed by atoms with Crippen LogP contribution < -0.4 is 0 Å². The van der Waals surface area contributed by atoms with Gasteiger partial charge in [-0.3, -0.25) is 4.79 Å². The fourth-order valence-electron chi connectivity index (χ4n) is 3.50. The maximum Gasteiger partial charge on any atom is 0.306 e. The average molecular weight is 472 g/mol. The number of aromatic nitrogens is 1. The number of carbonyl (C=O) groups is 1. The Hall–Kier alpha value is -2.05. The normalized spacial score (nSPS) is 12.3. The zero-order valence-corrected chi connectivity index (χ0v) is 21.5. The largest absolute Gasteiger partial charge is 0.507 e. The summed E-state index contributed by atoms with van der Waals surface area (Å²) < 4.78 is 7.61. The third kappa shape index (κ3) is 6.26. The van der Waals surface area contributed by atoms with Gasteiger partial charge in [0.2, 0.25) is 0 Å².